The second-order valence-electron chi connectivity index (χ2n) is 4.14. The summed E-state index contributed by atoms with van der Waals surface area (Å²) in [6.45, 7) is 6.32. The third kappa shape index (κ3) is 2.76. The first-order chi connectivity index (χ1) is 7.47. The van der Waals surface area contributed by atoms with Crippen molar-refractivity contribution in [2.45, 2.75) is 20.8 Å². The summed E-state index contributed by atoms with van der Waals surface area (Å²) < 4.78 is 1.72. The van der Waals surface area contributed by atoms with Gasteiger partial charge in [-0.05, 0) is 19.8 Å². The first kappa shape index (κ1) is 13.0. The van der Waals surface area contributed by atoms with Gasteiger partial charge >= 0.3 is 0 Å². The minimum atomic E-state index is -0.0694. The van der Waals surface area contributed by atoms with Crippen LogP contribution in [-0.2, 0) is 7.05 Å². The van der Waals surface area contributed by atoms with Gasteiger partial charge in [0.15, 0.2) is 0 Å². The van der Waals surface area contributed by atoms with Crippen LogP contribution in [0.1, 0.15) is 28.7 Å². The van der Waals surface area contributed by atoms with Crippen molar-refractivity contribution in [1.82, 2.24) is 15.1 Å². The quantitative estimate of drug-likeness (QED) is 0.818. The highest BCUT2D eigenvalue weighted by Crippen LogP contribution is 2.11. The van der Waals surface area contributed by atoms with Crippen LogP contribution in [0.4, 0.5) is 0 Å². The van der Waals surface area contributed by atoms with E-state index in [-0.39, 0.29) is 11.8 Å². The fourth-order valence-corrected chi connectivity index (χ4v) is 1.62. The predicted octanol–water partition coefficient (Wildman–Crippen LogP) is 1.64. The van der Waals surface area contributed by atoms with Gasteiger partial charge in [0.1, 0.15) is 0 Å². The Kier molecular flexibility index (Phi) is 4.35. The zero-order valence-electron chi connectivity index (χ0n) is 10.2. The number of carbonyl (C=O) groups excluding carboxylic acids is 1. The van der Waals surface area contributed by atoms with E-state index >= 15 is 0 Å². The van der Waals surface area contributed by atoms with E-state index in [1.165, 1.54) is 0 Å². The van der Waals surface area contributed by atoms with Gasteiger partial charge < -0.3 is 5.32 Å². The molecule has 0 saturated carbocycles. The molecule has 1 atom stereocenters. The molecule has 0 fully saturated rings. The lowest BCUT2D eigenvalue weighted by Gasteiger charge is -2.09. The van der Waals surface area contributed by atoms with Crippen LogP contribution >= 0.6 is 11.6 Å². The lowest BCUT2D eigenvalue weighted by Crippen LogP contribution is -2.29. The molecule has 0 aliphatic rings. The first-order valence-electron chi connectivity index (χ1n) is 5.31. The van der Waals surface area contributed by atoms with Gasteiger partial charge in [-0.3, -0.25) is 9.48 Å². The number of aryl methyl sites for hydroxylation is 2. The number of hydrogen-bond acceptors (Lipinski definition) is 2. The summed E-state index contributed by atoms with van der Waals surface area (Å²) in [5.41, 5.74) is 2.31. The second kappa shape index (κ2) is 5.34. The largest absolute Gasteiger partial charge is 0.352 e. The van der Waals surface area contributed by atoms with Crippen LogP contribution in [0.3, 0.4) is 0 Å². The molecular formula is C11H18ClN3O. The molecule has 0 aliphatic carbocycles. The Labute approximate surface area is 101 Å². The topological polar surface area (TPSA) is 46.9 Å². The van der Waals surface area contributed by atoms with Gasteiger partial charge in [-0.15, -0.1) is 11.6 Å². The third-order valence-electron chi connectivity index (χ3n) is 2.61. The number of nitrogens with zero attached hydrogens (tertiary/aromatic N) is 2. The number of amides is 1. The zero-order valence-corrected chi connectivity index (χ0v) is 10.9. The SMILES string of the molecule is Cc1nn(C)c(C)c1C(=O)NCC(C)CCl. The van der Waals surface area contributed by atoms with E-state index in [1.807, 2.05) is 27.8 Å². The fraction of sp³-hybridized carbons (Fsp3) is 0.636. The summed E-state index contributed by atoms with van der Waals surface area (Å²) in [6, 6.07) is 0. The maximum Gasteiger partial charge on any atom is 0.255 e. The number of alkyl halides is 1. The lowest BCUT2D eigenvalue weighted by atomic mass is 10.1. The van der Waals surface area contributed by atoms with E-state index in [1.54, 1.807) is 4.68 Å². The van der Waals surface area contributed by atoms with Crippen molar-refractivity contribution >= 4 is 17.5 Å². The van der Waals surface area contributed by atoms with Gasteiger partial charge in [0.25, 0.3) is 5.91 Å². The summed E-state index contributed by atoms with van der Waals surface area (Å²) >= 11 is 5.68. The van der Waals surface area contributed by atoms with Gasteiger partial charge in [0, 0.05) is 25.2 Å². The molecule has 0 spiro atoms. The molecule has 1 aromatic heterocycles. The van der Waals surface area contributed by atoms with Gasteiger partial charge in [0.2, 0.25) is 0 Å². The lowest BCUT2D eigenvalue weighted by molar-refractivity contribution is 0.0948. The second-order valence-corrected chi connectivity index (χ2v) is 4.45. The van der Waals surface area contributed by atoms with E-state index in [2.05, 4.69) is 10.4 Å². The molecule has 0 aliphatic heterocycles. The van der Waals surface area contributed by atoms with Crippen molar-refractivity contribution in [3.63, 3.8) is 0 Å². The number of halogens is 1. The van der Waals surface area contributed by atoms with E-state index in [9.17, 15) is 4.79 Å². The zero-order chi connectivity index (χ0) is 12.3. The Morgan fingerprint density at radius 2 is 2.19 bits per heavy atom. The molecule has 5 heteroatoms. The molecule has 1 N–H and O–H groups in total. The number of hydrogen-bond donors (Lipinski definition) is 1. The average molecular weight is 244 g/mol. The molecule has 0 saturated heterocycles. The molecule has 90 valence electrons. The Morgan fingerprint density at radius 1 is 1.56 bits per heavy atom. The standard InChI is InChI=1S/C11H18ClN3O/c1-7(5-12)6-13-11(16)10-8(2)14-15(4)9(10)3/h7H,5-6H2,1-4H3,(H,13,16). The number of carbonyl (C=O) groups is 1. The summed E-state index contributed by atoms with van der Waals surface area (Å²) in [4.78, 5) is 11.9. The van der Waals surface area contributed by atoms with Crippen molar-refractivity contribution in [3.8, 4) is 0 Å². The molecular weight excluding hydrogens is 226 g/mol. The molecule has 0 bridgehead atoms. The van der Waals surface area contributed by atoms with E-state index in [0.29, 0.717) is 18.0 Å². The van der Waals surface area contributed by atoms with Gasteiger partial charge in [-0.2, -0.15) is 5.10 Å². The van der Waals surface area contributed by atoms with Crippen molar-refractivity contribution < 1.29 is 4.79 Å². The summed E-state index contributed by atoms with van der Waals surface area (Å²) in [5.74, 6) is 0.758. The van der Waals surface area contributed by atoms with E-state index < -0.39 is 0 Å². The first-order valence-corrected chi connectivity index (χ1v) is 5.85. The minimum Gasteiger partial charge on any atom is -0.352 e. The third-order valence-corrected chi connectivity index (χ3v) is 3.14. The Bertz CT molecular complexity index is 387. The summed E-state index contributed by atoms with van der Waals surface area (Å²) in [5, 5.41) is 7.08. The van der Waals surface area contributed by atoms with Crippen LogP contribution < -0.4 is 5.32 Å². The highest BCUT2D eigenvalue weighted by atomic mass is 35.5. The van der Waals surface area contributed by atoms with E-state index in [0.717, 1.165) is 11.4 Å². The van der Waals surface area contributed by atoms with Crippen molar-refractivity contribution in [2.24, 2.45) is 13.0 Å². The van der Waals surface area contributed by atoms with Crippen LogP contribution in [0.2, 0.25) is 0 Å². The highest BCUT2D eigenvalue weighted by Gasteiger charge is 2.17. The van der Waals surface area contributed by atoms with Crippen LogP contribution in [0.5, 0.6) is 0 Å². The molecule has 1 heterocycles. The summed E-state index contributed by atoms with van der Waals surface area (Å²) in [6.07, 6.45) is 0. The average Bonchev–Trinajstić information content (AvgIpc) is 2.49. The van der Waals surface area contributed by atoms with Gasteiger partial charge in [-0.25, -0.2) is 0 Å². The predicted molar refractivity (Wildman–Crippen MR) is 64.9 cm³/mol. The van der Waals surface area contributed by atoms with Crippen molar-refractivity contribution in [1.29, 1.82) is 0 Å². The number of rotatable bonds is 4. The molecule has 1 unspecified atom stereocenters. The molecule has 1 amide bonds. The van der Waals surface area contributed by atoms with Gasteiger partial charge in [0.05, 0.1) is 11.3 Å². The van der Waals surface area contributed by atoms with Crippen LogP contribution in [0, 0.1) is 19.8 Å². The number of nitrogens with one attached hydrogen (secondary N) is 1. The van der Waals surface area contributed by atoms with E-state index in [4.69, 9.17) is 11.6 Å². The number of aromatic nitrogens is 2. The fourth-order valence-electron chi connectivity index (χ4n) is 1.51. The normalized spacial score (nSPS) is 12.6. The van der Waals surface area contributed by atoms with Crippen LogP contribution in [0.25, 0.3) is 0 Å². The minimum absolute atomic E-state index is 0.0694. The Hall–Kier alpha value is -1.03. The summed E-state index contributed by atoms with van der Waals surface area (Å²) in [7, 11) is 1.83. The molecule has 4 nitrogen and oxygen atoms in total. The van der Waals surface area contributed by atoms with Crippen molar-refractivity contribution in [2.75, 3.05) is 12.4 Å². The maximum absolute atomic E-state index is 11.9. The van der Waals surface area contributed by atoms with Crippen LogP contribution in [-0.4, -0.2) is 28.1 Å². The highest BCUT2D eigenvalue weighted by molar-refractivity contribution is 6.18. The Morgan fingerprint density at radius 3 is 2.62 bits per heavy atom. The molecule has 1 rings (SSSR count). The smallest absolute Gasteiger partial charge is 0.255 e. The Balaban J connectivity index is 2.73. The monoisotopic (exact) mass is 243 g/mol. The maximum atomic E-state index is 11.9. The molecule has 16 heavy (non-hydrogen) atoms. The molecule has 0 aromatic carbocycles. The molecule has 1 aromatic rings. The molecule has 0 radical (unpaired) electrons. The van der Waals surface area contributed by atoms with Crippen molar-refractivity contribution in [3.05, 3.63) is 17.0 Å². The van der Waals surface area contributed by atoms with Gasteiger partial charge in [-0.1, -0.05) is 6.92 Å². The van der Waals surface area contributed by atoms with Crippen LogP contribution in [0.15, 0.2) is 0 Å².